The average Bonchev–Trinajstić information content (AvgIpc) is 3.13. The quantitative estimate of drug-likeness (QED) is 0.700. The maximum Gasteiger partial charge on any atom is 0.240 e. The van der Waals surface area contributed by atoms with Gasteiger partial charge in [-0.15, -0.1) is 11.3 Å². The Labute approximate surface area is 138 Å². The van der Waals surface area contributed by atoms with Gasteiger partial charge < -0.3 is 4.74 Å². The van der Waals surface area contributed by atoms with Crippen LogP contribution in [-0.4, -0.2) is 36.2 Å². The third-order valence-corrected chi connectivity index (χ3v) is 5.56. The molecule has 0 bridgehead atoms. The van der Waals surface area contributed by atoms with E-state index in [1.165, 1.54) is 29.8 Å². The van der Waals surface area contributed by atoms with E-state index in [9.17, 15) is 8.42 Å². The van der Waals surface area contributed by atoms with Crippen molar-refractivity contribution in [3.8, 4) is 5.75 Å². The van der Waals surface area contributed by atoms with Crippen molar-refractivity contribution in [2.24, 2.45) is 0 Å². The molecule has 0 aliphatic heterocycles. The molecule has 23 heavy (non-hydrogen) atoms. The molecule has 0 aliphatic rings. The lowest BCUT2D eigenvalue weighted by Gasteiger charge is -2.08. The number of ether oxygens (including phenoxy) is 1. The summed E-state index contributed by atoms with van der Waals surface area (Å²) in [5.74, 6) is 0.651. The molecule has 3 aromatic rings. The molecule has 0 aliphatic carbocycles. The minimum absolute atomic E-state index is 0.220. The number of fused-ring (bicyclic) bond motifs is 1. The Morgan fingerprint density at radius 2 is 2.09 bits per heavy atom. The largest absolute Gasteiger partial charge is 0.494 e. The minimum Gasteiger partial charge on any atom is -0.494 e. The Balaban J connectivity index is 1.63. The molecule has 2 aromatic heterocycles. The highest BCUT2D eigenvalue weighted by Gasteiger charge is 2.14. The molecule has 9 heteroatoms. The highest BCUT2D eigenvalue weighted by molar-refractivity contribution is 7.89. The second-order valence-corrected chi connectivity index (χ2v) is 7.34. The Hall–Kier alpha value is -1.97. The summed E-state index contributed by atoms with van der Waals surface area (Å²) in [7, 11) is -3.53. The first-order valence-electron chi connectivity index (χ1n) is 7.09. The van der Waals surface area contributed by atoms with E-state index in [4.69, 9.17) is 4.74 Å². The molecule has 0 unspecified atom stereocenters. The normalized spacial score (nSPS) is 11.9. The van der Waals surface area contributed by atoms with Gasteiger partial charge in [0.1, 0.15) is 12.1 Å². The first kappa shape index (κ1) is 15.9. The Morgan fingerprint density at radius 1 is 1.30 bits per heavy atom. The molecule has 0 saturated heterocycles. The van der Waals surface area contributed by atoms with Crippen molar-refractivity contribution in [2.75, 3.05) is 13.2 Å². The van der Waals surface area contributed by atoms with Gasteiger partial charge in [0.15, 0.2) is 0 Å². The summed E-state index contributed by atoms with van der Waals surface area (Å²) >= 11 is 1.48. The molecule has 0 fully saturated rings. The maximum atomic E-state index is 12.3. The van der Waals surface area contributed by atoms with Crippen LogP contribution < -0.4 is 9.46 Å². The average molecular weight is 352 g/mol. The van der Waals surface area contributed by atoms with E-state index in [1.807, 2.05) is 12.3 Å². The zero-order valence-corrected chi connectivity index (χ0v) is 14.1. The van der Waals surface area contributed by atoms with Gasteiger partial charge in [0.05, 0.1) is 17.2 Å². The molecule has 0 saturated carbocycles. The number of hydrogen-bond acceptors (Lipinski definition) is 6. The van der Waals surface area contributed by atoms with Crippen molar-refractivity contribution < 1.29 is 13.2 Å². The highest BCUT2D eigenvalue weighted by atomic mass is 32.2. The molecule has 3 rings (SSSR count). The molecular weight excluding hydrogens is 336 g/mol. The second kappa shape index (κ2) is 6.65. The molecule has 0 amide bonds. The van der Waals surface area contributed by atoms with Gasteiger partial charge in [0.25, 0.3) is 0 Å². The number of nitrogens with zero attached hydrogens (tertiary/aromatic N) is 3. The van der Waals surface area contributed by atoms with Crippen LogP contribution in [-0.2, 0) is 16.4 Å². The second-order valence-electron chi connectivity index (χ2n) is 4.73. The molecule has 2 heterocycles. The van der Waals surface area contributed by atoms with E-state index < -0.39 is 10.0 Å². The van der Waals surface area contributed by atoms with Crippen molar-refractivity contribution in [3.63, 3.8) is 0 Å². The Morgan fingerprint density at radius 3 is 2.83 bits per heavy atom. The minimum atomic E-state index is -3.53. The van der Waals surface area contributed by atoms with Crippen LogP contribution >= 0.6 is 11.3 Å². The molecule has 1 aromatic carbocycles. The van der Waals surface area contributed by atoms with Crippen LogP contribution in [0.15, 0.2) is 40.9 Å². The Bertz CT molecular complexity index is 884. The zero-order valence-electron chi connectivity index (χ0n) is 12.5. The Kier molecular flexibility index (Phi) is 4.60. The summed E-state index contributed by atoms with van der Waals surface area (Å²) < 4.78 is 34.1. The lowest BCUT2D eigenvalue weighted by atomic mass is 10.3. The van der Waals surface area contributed by atoms with Gasteiger partial charge in [-0.25, -0.2) is 22.6 Å². The highest BCUT2D eigenvalue weighted by Crippen LogP contribution is 2.16. The monoisotopic (exact) mass is 352 g/mol. The van der Waals surface area contributed by atoms with E-state index in [2.05, 4.69) is 14.8 Å². The fraction of sp³-hybridized carbons (Fsp3) is 0.286. The van der Waals surface area contributed by atoms with E-state index in [0.29, 0.717) is 25.3 Å². The van der Waals surface area contributed by atoms with E-state index in [0.717, 1.165) is 10.7 Å². The van der Waals surface area contributed by atoms with Gasteiger partial charge >= 0.3 is 0 Å². The molecule has 0 atom stereocenters. The van der Waals surface area contributed by atoms with Crippen molar-refractivity contribution in [1.82, 2.24) is 19.3 Å². The number of nitrogens with one attached hydrogen (secondary N) is 1. The third-order valence-electron chi connectivity index (χ3n) is 3.21. The molecule has 0 radical (unpaired) electrons. The van der Waals surface area contributed by atoms with Gasteiger partial charge in [0.2, 0.25) is 15.0 Å². The topological polar surface area (TPSA) is 85.6 Å². The summed E-state index contributed by atoms with van der Waals surface area (Å²) in [4.78, 5) is 5.11. The molecular formula is C14H16N4O3S2. The van der Waals surface area contributed by atoms with Gasteiger partial charge in [-0.3, -0.25) is 0 Å². The summed E-state index contributed by atoms with van der Waals surface area (Å²) in [6, 6.07) is 6.37. The van der Waals surface area contributed by atoms with Crippen molar-refractivity contribution in [1.29, 1.82) is 0 Å². The standard InChI is InChI=1S/C14H16N4O3S2/c1-2-21-12-3-5-13(6-4-12)23(19,20)17-8-7-11-9-22-14-15-10-16-18(11)14/h3-6,9-10,17H,2,7-8H2,1H3. The zero-order chi connectivity index (χ0) is 16.3. The van der Waals surface area contributed by atoms with Crippen LogP contribution in [0.2, 0.25) is 0 Å². The van der Waals surface area contributed by atoms with Crippen LogP contribution in [0, 0.1) is 0 Å². The SMILES string of the molecule is CCOc1ccc(S(=O)(=O)NCCc2csc3ncnn23)cc1. The van der Waals surface area contributed by atoms with Gasteiger partial charge in [-0.2, -0.15) is 5.10 Å². The van der Waals surface area contributed by atoms with Crippen molar-refractivity contribution >= 4 is 26.3 Å². The fourth-order valence-electron chi connectivity index (χ4n) is 2.12. The number of rotatable bonds is 7. The van der Waals surface area contributed by atoms with Crippen LogP contribution in [0.4, 0.5) is 0 Å². The summed E-state index contributed by atoms with van der Waals surface area (Å²) in [5.41, 5.74) is 0.928. The van der Waals surface area contributed by atoms with Crippen LogP contribution in [0.1, 0.15) is 12.6 Å². The van der Waals surface area contributed by atoms with Crippen LogP contribution in [0.5, 0.6) is 5.75 Å². The molecule has 122 valence electrons. The number of benzene rings is 1. The number of thiazole rings is 1. The summed E-state index contributed by atoms with van der Waals surface area (Å²) in [6.45, 7) is 2.71. The van der Waals surface area contributed by atoms with E-state index in [-0.39, 0.29) is 4.90 Å². The first-order chi connectivity index (χ1) is 11.1. The lowest BCUT2D eigenvalue weighted by Crippen LogP contribution is -2.26. The predicted octanol–water partition coefficient (Wildman–Crippen LogP) is 1.71. The predicted molar refractivity (Wildman–Crippen MR) is 87.4 cm³/mol. The van der Waals surface area contributed by atoms with Gasteiger partial charge in [-0.1, -0.05) is 0 Å². The summed E-state index contributed by atoms with van der Waals surface area (Å²) in [6.07, 6.45) is 2.03. The first-order valence-corrected chi connectivity index (χ1v) is 9.45. The molecule has 0 spiro atoms. The van der Waals surface area contributed by atoms with Gasteiger partial charge in [-0.05, 0) is 31.2 Å². The van der Waals surface area contributed by atoms with Crippen molar-refractivity contribution in [2.45, 2.75) is 18.2 Å². The van der Waals surface area contributed by atoms with Crippen LogP contribution in [0.3, 0.4) is 0 Å². The van der Waals surface area contributed by atoms with Gasteiger partial charge in [0, 0.05) is 18.3 Å². The number of hydrogen-bond donors (Lipinski definition) is 1. The number of sulfonamides is 1. The van der Waals surface area contributed by atoms with Crippen molar-refractivity contribution in [3.05, 3.63) is 41.7 Å². The maximum absolute atomic E-state index is 12.3. The molecule has 1 N–H and O–H groups in total. The fourth-order valence-corrected chi connectivity index (χ4v) is 3.99. The molecule has 7 nitrogen and oxygen atoms in total. The van der Waals surface area contributed by atoms with E-state index >= 15 is 0 Å². The van der Waals surface area contributed by atoms with Crippen LogP contribution in [0.25, 0.3) is 4.96 Å². The lowest BCUT2D eigenvalue weighted by molar-refractivity contribution is 0.340. The third kappa shape index (κ3) is 3.52. The summed E-state index contributed by atoms with van der Waals surface area (Å²) in [5, 5.41) is 6.03. The number of aromatic nitrogens is 3. The smallest absolute Gasteiger partial charge is 0.240 e. The van der Waals surface area contributed by atoms with E-state index in [1.54, 1.807) is 16.6 Å².